The van der Waals surface area contributed by atoms with Gasteiger partial charge in [0.2, 0.25) is 0 Å². The van der Waals surface area contributed by atoms with Crippen LogP contribution < -0.4 is 19.8 Å². The second kappa shape index (κ2) is 14.8. The van der Waals surface area contributed by atoms with Crippen LogP contribution in [0.5, 0.6) is 11.5 Å². The number of hydrogen-bond donors (Lipinski definition) is 2. The molecule has 36 heavy (non-hydrogen) atoms. The Morgan fingerprint density at radius 3 is 2.69 bits per heavy atom. The van der Waals surface area contributed by atoms with Gasteiger partial charge in [-0.1, -0.05) is 49.7 Å². The van der Waals surface area contributed by atoms with E-state index in [0.29, 0.717) is 6.04 Å². The number of nitrogens with zero attached hydrogens (tertiary/aromatic N) is 1. The fraction of sp³-hybridized carbons (Fsp3) is 0.519. The van der Waals surface area contributed by atoms with E-state index in [2.05, 4.69) is 40.5 Å². The van der Waals surface area contributed by atoms with Crippen LogP contribution in [-0.4, -0.2) is 43.3 Å². The van der Waals surface area contributed by atoms with Gasteiger partial charge in [-0.2, -0.15) is 0 Å². The summed E-state index contributed by atoms with van der Waals surface area (Å²) in [6.45, 7) is 4.20. The Morgan fingerprint density at radius 2 is 1.94 bits per heavy atom. The van der Waals surface area contributed by atoms with Crippen molar-refractivity contribution < 1.29 is 9.47 Å². The monoisotopic (exact) mass is 555 g/mol. The lowest BCUT2D eigenvalue weighted by Gasteiger charge is -2.36. The van der Waals surface area contributed by atoms with Crippen LogP contribution in [0.15, 0.2) is 35.1 Å². The molecule has 1 atom stereocenters. The van der Waals surface area contributed by atoms with Crippen molar-refractivity contribution in [3.8, 4) is 11.5 Å². The predicted molar refractivity (Wildman–Crippen MR) is 155 cm³/mol. The number of aromatic nitrogens is 1. The molecule has 0 amide bonds. The lowest BCUT2D eigenvalue weighted by Crippen LogP contribution is -2.49. The molecule has 1 heterocycles. The summed E-state index contributed by atoms with van der Waals surface area (Å²) in [6, 6.07) is 11.0. The minimum Gasteiger partial charge on any atom is -0.493 e. The molecule has 2 aromatic carbocycles. The first-order valence-electron chi connectivity index (χ1n) is 12.5. The molecule has 9 heteroatoms. The van der Waals surface area contributed by atoms with E-state index < -0.39 is 0 Å². The van der Waals surface area contributed by atoms with Crippen LogP contribution in [0.4, 0.5) is 0 Å². The maximum atomic E-state index is 11.6. The summed E-state index contributed by atoms with van der Waals surface area (Å²) < 4.78 is 12.2. The van der Waals surface area contributed by atoms with Crippen LogP contribution in [-0.2, 0) is 19.3 Å². The fourth-order valence-corrected chi connectivity index (χ4v) is 5.82. The average Bonchev–Trinajstić information content (AvgIpc) is 3.23. The first kappa shape index (κ1) is 30.5. The number of hydrogen-bond acceptors (Lipinski definition) is 6. The lowest BCUT2D eigenvalue weighted by atomic mass is 9.87. The zero-order valence-corrected chi connectivity index (χ0v) is 23.9. The highest BCUT2D eigenvalue weighted by Gasteiger charge is 2.27. The van der Waals surface area contributed by atoms with E-state index >= 15 is 0 Å². The minimum absolute atomic E-state index is 0. The summed E-state index contributed by atoms with van der Waals surface area (Å²) in [5, 5.41) is 2.49. The van der Waals surface area contributed by atoms with Crippen molar-refractivity contribution in [2.24, 2.45) is 0 Å². The topological polar surface area (TPSA) is 66.6 Å². The van der Waals surface area contributed by atoms with Crippen molar-refractivity contribution in [1.29, 1.82) is 0 Å². The Bertz CT molecular complexity index is 1150. The van der Waals surface area contributed by atoms with Crippen molar-refractivity contribution >= 4 is 46.4 Å². The van der Waals surface area contributed by atoms with E-state index in [1.54, 1.807) is 14.2 Å². The van der Waals surface area contributed by atoms with Gasteiger partial charge >= 0.3 is 4.87 Å². The quantitative estimate of drug-likeness (QED) is 0.214. The Hall–Kier alpha value is -1.77. The third kappa shape index (κ3) is 7.39. The van der Waals surface area contributed by atoms with E-state index in [1.165, 1.54) is 53.7 Å². The Balaban J connectivity index is 0.00000228. The van der Waals surface area contributed by atoms with Crippen molar-refractivity contribution in [2.75, 3.05) is 27.3 Å². The summed E-state index contributed by atoms with van der Waals surface area (Å²) in [5.41, 5.74) is 8.60. The van der Waals surface area contributed by atoms with E-state index in [1.807, 2.05) is 12.1 Å². The Labute approximate surface area is 230 Å². The molecule has 1 unspecified atom stereocenters. The molecule has 0 radical (unpaired) electrons. The van der Waals surface area contributed by atoms with Crippen molar-refractivity contribution in [3.63, 3.8) is 0 Å². The number of nitrogens with one attached hydrogen (secondary N) is 2. The number of thiazole rings is 1. The molecule has 0 spiro atoms. The highest BCUT2D eigenvalue weighted by atomic mass is 35.5. The van der Waals surface area contributed by atoms with Crippen LogP contribution in [0.3, 0.4) is 0 Å². The number of rotatable bonds is 12. The Kier molecular flexibility index (Phi) is 12.6. The molecule has 0 fully saturated rings. The average molecular weight is 557 g/mol. The number of unbranched alkanes of at least 4 members (excludes halogenated alkanes) is 3. The summed E-state index contributed by atoms with van der Waals surface area (Å²) in [6.07, 6.45) is 9.06. The molecule has 0 saturated heterocycles. The lowest BCUT2D eigenvalue weighted by molar-refractivity contribution is 0.109. The number of fused-ring (bicyclic) bond motifs is 2. The molecule has 2 N–H and O–H groups in total. The molecule has 1 aliphatic rings. The molecule has 0 bridgehead atoms. The third-order valence-electron chi connectivity index (χ3n) is 6.84. The van der Waals surface area contributed by atoms with Gasteiger partial charge in [0.1, 0.15) is 0 Å². The second-order valence-electron chi connectivity index (χ2n) is 9.09. The maximum Gasteiger partial charge on any atom is 0.305 e. The summed E-state index contributed by atoms with van der Waals surface area (Å²) in [5.74, 6) is 1.71. The van der Waals surface area contributed by atoms with Gasteiger partial charge in [-0.05, 0) is 61.4 Å². The number of halogens is 2. The second-order valence-corrected chi connectivity index (χ2v) is 10.1. The molecule has 3 aromatic rings. The number of methoxy groups -OCH3 is 2. The predicted octanol–water partition coefficient (Wildman–Crippen LogP) is 5.94. The largest absolute Gasteiger partial charge is 0.493 e. The van der Waals surface area contributed by atoms with Gasteiger partial charge in [0.25, 0.3) is 0 Å². The van der Waals surface area contributed by atoms with E-state index in [0.717, 1.165) is 60.5 Å². The van der Waals surface area contributed by atoms with Gasteiger partial charge in [-0.25, -0.2) is 5.01 Å². The molecule has 4 rings (SSSR count). The number of ether oxygens (including phenoxy) is 2. The van der Waals surface area contributed by atoms with Crippen LogP contribution in [0.1, 0.15) is 55.7 Å². The Morgan fingerprint density at radius 1 is 1.11 bits per heavy atom. The molecule has 0 aliphatic heterocycles. The smallest absolute Gasteiger partial charge is 0.305 e. The van der Waals surface area contributed by atoms with Crippen LogP contribution >= 0.6 is 36.2 Å². The molecule has 200 valence electrons. The molecular weight excluding hydrogens is 517 g/mol. The zero-order valence-electron chi connectivity index (χ0n) is 21.4. The number of benzene rings is 2. The molecule has 1 aliphatic carbocycles. The highest BCUT2D eigenvalue weighted by Crippen LogP contribution is 2.38. The minimum atomic E-state index is 0. The molecule has 0 saturated carbocycles. The van der Waals surface area contributed by atoms with Gasteiger partial charge in [-0.3, -0.25) is 10.2 Å². The molecule has 1 aromatic heterocycles. The van der Waals surface area contributed by atoms with Crippen molar-refractivity contribution in [3.05, 3.63) is 56.7 Å². The van der Waals surface area contributed by atoms with Gasteiger partial charge < -0.3 is 14.5 Å². The summed E-state index contributed by atoms with van der Waals surface area (Å²) in [7, 11) is 3.43. The van der Waals surface area contributed by atoms with Crippen LogP contribution in [0.2, 0.25) is 0 Å². The number of aromatic amines is 1. The SMILES string of the molecule is CCCCCCN(NCCc1ccc2[nH]c(=O)sc2c1)C1CCc2c(ccc(OC)c2OC)C1.Cl.Cl. The standard InChI is InChI=1S/C27H37N3O3S.2ClH/c1-4-5-6-7-16-30(28-15-14-19-8-12-23-25(17-19)34-27(31)29-23)21-10-11-22-20(18-21)9-13-24(32-2)26(22)33-3;;/h8-9,12-13,17,21,28H,4-7,10-11,14-16,18H2,1-3H3,(H,29,31);2*1H. The van der Waals surface area contributed by atoms with Crippen LogP contribution in [0.25, 0.3) is 10.2 Å². The van der Waals surface area contributed by atoms with Gasteiger partial charge in [0.15, 0.2) is 11.5 Å². The highest BCUT2D eigenvalue weighted by molar-refractivity contribution is 7.16. The van der Waals surface area contributed by atoms with E-state index in [-0.39, 0.29) is 29.7 Å². The first-order chi connectivity index (χ1) is 16.6. The van der Waals surface area contributed by atoms with Gasteiger partial charge in [0, 0.05) is 24.7 Å². The zero-order chi connectivity index (χ0) is 23.9. The third-order valence-corrected chi connectivity index (χ3v) is 7.68. The van der Waals surface area contributed by atoms with E-state index in [9.17, 15) is 4.79 Å². The van der Waals surface area contributed by atoms with Gasteiger partial charge in [-0.15, -0.1) is 24.8 Å². The molecule has 6 nitrogen and oxygen atoms in total. The normalized spacial score (nSPS) is 14.7. The summed E-state index contributed by atoms with van der Waals surface area (Å²) >= 11 is 1.28. The number of hydrazine groups is 1. The molecular formula is C27H39Cl2N3O3S. The number of H-pyrrole nitrogens is 1. The van der Waals surface area contributed by atoms with Gasteiger partial charge in [0.05, 0.1) is 24.4 Å². The van der Waals surface area contributed by atoms with Crippen molar-refractivity contribution in [1.82, 2.24) is 15.4 Å². The summed E-state index contributed by atoms with van der Waals surface area (Å²) in [4.78, 5) is 14.5. The first-order valence-corrected chi connectivity index (χ1v) is 13.3. The van der Waals surface area contributed by atoms with Crippen LogP contribution in [0, 0.1) is 0 Å². The maximum absolute atomic E-state index is 11.6. The van der Waals surface area contributed by atoms with Crippen molar-refractivity contribution in [2.45, 2.75) is 64.3 Å². The van der Waals surface area contributed by atoms with E-state index in [4.69, 9.17) is 9.47 Å². The fourth-order valence-electron chi connectivity index (χ4n) is 5.02.